The zero-order valence-electron chi connectivity index (χ0n) is 13.5. The summed E-state index contributed by atoms with van der Waals surface area (Å²) >= 11 is 10.1. The van der Waals surface area contributed by atoms with Gasteiger partial charge in [0.05, 0.1) is 13.2 Å². The van der Waals surface area contributed by atoms with Gasteiger partial charge in [0, 0.05) is 34.2 Å². The van der Waals surface area contributed by atoms with E-state index in [1.807, 2.05) is 36.4 Å². The number of carbonyl (C=O) groups is 1. The molecule has 130 valence electrons. The maximum atomic E-state index is 13.0. The van der Waals surface area contributed by atoms with Crippen molar-refractivity contribution in [2.24, 2.45) is 0 Å². The van der Waals surface area contributed by atoms with E-state index < -0.39 is 0 Å². The number of morpholine rings is 1. The van der Waals surface area contributed by atoms with Gasteiger partial charge in [0.15, 0.2) is 0 Å². The summed E-state index contributed by atoms with van der Waals surface area (Å²) in [5.41, 5.74) is 2.91. The molecule has 1 saturated heterocycles. The largest absolute Gasteiger partial charge is 0.379 e. The normalized spacial score (nSPS) is 23.8. The molecular formula is C19H18BrClN2O2. The van der Waals surface area contributed by atoms with Crippen molar-refractivity contribution in [2.45, 2.75) is 12.0 Å². The van der Waals surface area contributed by atoms with Crippen LogP contribution in [0.5, 0.6) is 0 Å². The van der Waals surface area contributed by atoms with E-state index in [2.05, 4.69) is 32.2 Å². The fourth-order valence-electron chi connectivity index (χ4n) is 3.73. The third kappa shape index (κ3) is 3.22. The average Bonchev–Trinajstić information content (AvgIpc) is 2.62. The predicted octanol–water partition coefficient (Wildman–Crippen LogP) is 3.89. The van der Waals surface area contributed by atoms with Gasteiger partial charge in [-0.05, 0) is 35.4 Å². The molecular weight excluding hydrogens is 404 g/mol. The Morgan fingerprint density at radius 1 is 1.12 bits per heavy atom. The van der Waals surface area contributed by atoms with Crippen molar-refractivity contribution in [3.8, 4) is 0 Å². The number of hydrogen-bond donors (Lipinski definition) is 1. The highest BCUT2D eigenvalue weighted by Gasteiger charge is 2.41. The summed E-state index contributed by atoms with van der Waals surface area (Å²) in [6, 6.07) is 13.5. The van der Waals surface area contributed by atoms with Gasteiger partial charge in [-0.25, -0.2) is 0 Å². The van der Waals surface area contributed by atoms with Crippen molar-refractivity contribution in [3.63, 3.8) is 0 Å². The number of nitrogens with one attached hydrogen (secondary N) is 1. The van der Waals surface area contributed by atoms with Crippen LogP contribution in [0.4, 0.5) is 5.69 Å². The molecule has 2 aromatic carbocycles. The summed E-state index contributed by atoms with van der Waals surface area (Å²) in [7, 11) is 0. The molecule has 0 aliphatic carbocycles. The molecule has 1 fully saturated rings. The van der Waals surface area contributed by atoms with Crippen molar-refractivity contribution in [3.05, 3.63) is 63.1 Å². The Morgan fingerprint density at radius 3 is 2.64 bits per heavy atom. The number of rotatable bonds is 2. The van der Waals surface area contributed by atoms with Crippen LogP contribution in [0.2, 0.25) is 5.02 Å². The van der Waals surface area contributed by atoms with Crippen LogP contribution < -0.4 is 5.32 Å². The second-order valence-electron chi connectivity index (χ2n) is 6.31. The topological polar surface area (TPSA) is 41.6 Å². The summed E-state index contributed by atoms with van der Waals surface area (Å²) in [5, 5.41) is 3.75. The summed E-state index contributed by atoms with van der Waals surface area (Å²) in [6.45, 7) is 2.76. The molecule has 0 saturated carbocycles. The van der Waals surface area contributed by atoms with Crippen LogP contribution in [0.15, 0.2) is 46.9 Å². The first-order valence-electron chi connectivity index (χ1n) is 8.31. The number of benzene rings is 2. The number of hydrogen-bond acceptors (Lipinski definition) is 3. The van der Waals surface area contributed by atoms with E-state index in [-0.39, 0.29) is 17.9 Å². The van der Waals surface area contributed by atoms with Gasteiger partial charge in [0.25, 0.3) is 0 Å². The molecule has 2 aliphatic heterocycles. The van der Waals surface area contributed by atoms with Crippen LogP contribution in [0.25, 0.3) is 0 Å². The third-order valence-electron chi connectivity index (χ3n) is 4.87. The van der Waals surface area contributed by atoms with Crippen molar-refractivity contribution < 1.29 is 9.53 Å². The first-order valence-corrected chi connectivity index (χ1v) is 9.49. The third-order valence-corrected chi connectivity index (χ3v) is 5.71. The van der Waals surface area contributed by atoms with Crippen LogP contribution in [0.1, 0.15) is 17.0 Å². The van der Waals surface area contributed by atoms with E-state index in [1.165, 1.54) is 0 Å². The number of anilines is 1. The summed E-state index contributed by atoms with van der Waals surface area (Å²) in [6.07, 6.45) is 0. The summed E-state index contributed by atoms with van der Waals surface area (Å²) in [4.78, 5) is 15.2. The minimum atomic E-state index is -0.300. The Morgan fingerprint density at radius 2 is 1.88 bits per heavy atom. The molecule has 1 N–H and O–H groups in total. The molecule has 0 spiro atoms. The van der Waals surface area contributed by atoms with Crippen LogP contribution in [-0.4, -0.2) is 43.2 Å². The van der Waals surface area contributed by atoms with Gasteiger partial charge >= 0.3 is 0 Å². The van der Waals surface area contributed by atoms with Gasteiger partial charge in [0.2, 0.25) is 5.91 Å². The fourth-order valence-corrected chi connectivity index (χ4v) is 4.36. The van der Waals surface area contributed by atoms with Crippen molar-refractivity contribution >= 4 is 39.1 Å². The molecule has 2 aliphatic rings. The van der Waals surface area contributed by atoms with E-state index in [0.29, 0.717) is 18.2 Å². The van der Waals surface area contributed by atoms with E-state index in [4.69, 9.17) is 16.3 Å². The smallest absolute Gasteiger partial charge is 0.242 e. The SMILES string of the molecule is O=C1Nc2ccc(Br)cc2[C@@H](c2ccccc2Cl)[C@H]1N1CCOCC1. The second kappa shape index (κ2) is 7.08. The molecule has 25 heavy (non-hydrogen) atoms. The predicted molar refractivity (Wildman–Crippen MR) is 102 cm³/mol. The summed E-state index contributed by atoms with van der Waals surface area (Å²) in [5.74, 6) is -0.102. The number of halogens is 2. The van der Waals surface area contributed by atoms with Crippen LogP contribution >= 0.6 is 27.5 Å². The molecule has 2 aromatic rings. The van der Waals surface area contributed by atoms with Crippen molar-refractivity contribution in [2.75, 3.05) is 31.6 Å². The van der Waals surface area contributed by atoms with Crippen LogP contribution in [0.3, 0.4) is 0 Å². The molecule has 0 unspecified atom stereocenters. The molecule has 2 heterocycles. The van der Waals surface area contributed by atoms with Crippen LogP contribution in [-0.2, 0) is 9.53 Å². The Balaban J connectivity index is 1.87. The van der Waals surface area contributed by atoms with Gasteiger partial charge in [0.1, 0.15) is 6.04 Å². The van der Waals surface area contributed by atoms with E-state index in [9.17, 15) is 4.79 Å². The zero-order chi connectivity index (χ0) is 17.4. The zero-order valence-corrected chi connectivity index (χ0v) is 15.9. The first-order chi connectivity index (χ1) is 12.1. The molecule has 1 amide bonds. The molecule has 6 heteroatoms. The Kier molecular flexibility index (Phi) is 4.82. The molecule has 2 atom stereocenters. The van der Waals surface area contributed by atoms with Gasteiger partial charge < -0.3 is 10.1 Å². The minimum absolute atomic E-state index is 0.0154. The number of amides is 1. The molecule has 0 aromatic heterocycles. The first kappa shape index (κ1) is 17.0. The fraction of sp³-hybridized carbons (Fsp3) is 0.316. The van der Waals surface area contributed by atoms with E-state index >= 15 is 0 Å². The summed E-state index contributed by atoms with van der Waals surface area (Å²) < 4.78 is 6.46. The highest BCUT2D eigenvalue weighted by atomic mass is 79.9. The quantitative estimate of drug-likeness (QED) is 0.800. The van der Waals surface area contributed by atoms with E-state index in [0.717, 1.165) is 34.4 Å². The van der Waals surface area contributed by atoms with Gasteiger partial charge in [-0.3, -0.25) is 9.69 Å². The van der Waals surface area contributed by atoms with Gasteiger partial charge in [-0.2, -0.15) is 0 Å². The molecule has 4 rings (SSSR count). The number of fused-ring (bicyclic) bond motifs is 1. The van der Waals surface area contributed by atoms with Gasteiger partial charge in [-0.1, -0.05) is 45.7 Å². The Bertz CT molecular complexity index is 808. The lowest BCUT2D eigenvalue weighted by molar-refractivity contribution is -0.124. The van der Waals surface area contributed by atoms with Gasteiger partial charge in [-0.15, -0.1) is 0 Å². The highest BCUT2D eigenvalue weighted by molar-refractivity contribution is 9.10. The number of nitrogens with zero attached hydrogens (tertiary/aromatic N) is 1. The lowest BCUT2D eigenvalue weighted by atomic mass is 9.80. The molecule has 0 radical (unpaired) electrons. The van der Waals surface area contributed by atoms with Crippen molar-refractivity contribution in [1.29, 1.82) is 0 Å². The second-order valence-corrected chi connectivity index (χ2v) is 7.64. The monoisotopic (exact) mass is 420 g/mol. The Hall–Kier alpha value is -1.40. The van der Waals surface area contributed by atoms with Crippen molar-refractivity contribution in [1.82, 2.24) is 4.90 Å². The maximum absolute atomic E-state index is 13.0. The molecule has 0 bridgehead atoms. The minimum Gasteiger partial charge on any atom is -0.379 e. The highest BCUT2D eigenvalue weighted by Crippen LogP contribution is 2.42. The van der Waals surface area contributed by atoms with Crippen LogP contribution in [0, 0.1) is 0 Å². The standard InChI is InChI=1S/C19H18BrClN2O2/c20-12-5-6-16-14(11-12)17(13-3-1-2-4-15(13)21)18(19(24)22-16)23-7-9-25-10-8-23/h1-6,11,17-18H,7-10H2,(H,22,24)/t17-,18-/m1/s1. The lowest BCUT2D eigenvalue weighted by Gasteiger charge is -2.41. The maximum Gasteiger partial charge on any atom is 0.242 e. The lowest BCUT2D eigenvalue weighted by Crippen LogP contribution is -2.54. The number of ether oxygens (including phenoxy) is 1. The average molecular weight is 422 g/mol. The Labute approximate surface area is 160 Å². The molecule has 4 nitrogen and oxygen atoms in total. The number of carbonyl (C=O) groups excluding carboxylic acids is 1. The van der Waals surface area contributed by atoms with E-state index in [1.54, 1.807) is 0 Å².